The molecule has 0 aromatic carbocycles. The third-order valence-corrected chi connectivity index (χ3v) is 5.54. The lowest BCUT2D eigenvalue weighted by Crippen LogP contribution is -2.35. The summed E-state index contributed by atoms with van der Waals surface area (Å²) in [5.41, 5.74) is 1.63. The van der Waals surface area contributed by atoms with Crippen molar-refractivity contribution < 1.29 is 33.3 Å². The third kappa shape index (κ3) is 7.55. The number of ether oxygens (including phenoxy) is 4. The number of allylic oxidation sites excluding steroid dienone is 2. The van der Waals surface area contributed by atoms with E-state index >= 15 is 0 Å². The van der Waals surface area contributed by atoms with Gasteiger partial charge in [0, 0.05) is 6.42 Å². The van der Waals surface area contributed by atoms with Crippen LogP contribution in [-0.4, -0.2) is 45.0 Å². The minimum absolute atomic E-state index is 0.0298. The first kappa shape index (κ1) is 24.7. The van der Waals surface area contributed by atoms with E-state index in [9.17, 15) is 14.4 Å². The van der Waals surface area contributed by atoms with Crippen molar-refractivity contribution in [2.24, 2.45) is 17.3 Å². The van der Waals surface area contributed by atoms with Crippen LogP contribution in [0, 0.1) is 17.3 Å². The Hall–Kier alpha value is -2.31. The van der Waals surface area contributed by atoms with Crippen LogP contribution in [0.15, 0.2) is 23.3 Å². The zero-order valence-corrected chi connectivity index (χ0v) is 18.4. The molecule has 0 saturated carbocycles. The van der Waals surface area contributed by atoms with Crippen molar-refractivity contribution in [3.63, 3.8) is 0 Å². The van der Waals surface area contributed by atoms with Crippen LogP contribution in [-0.2, 0) is 23.7 Å². The van der Waals surface area contributed by atoms with Gasteiger partial charge in [-0.3, -0.25) is 0 Å². The normalized spacial score (nSPS) is 20.9. The highest BCUT2D eigenvalue weighted by Gasteiger charge is 2.38. The maximum Gasteiger partial charge on any atom is 0.508 e. The molecule has 164 valence electrons. The standard InChI is InChI=1S/C22H34O7/c1-7-27-21(25)29-19-9-8-17(13-16(19)3)22(4,5)18(10-11-23)12-15(2)14-28-20(24)26-6/h11-13,17-19H,7-10,14H2,1-6H3/b15-12-. The van der Waals surface area contributed by atoms with Crippen LogP contribution in [0.25, 0.3) is 0 Å². The highest BCUT2D eigenvalue weighted by atomic mass is 16.7. The summed E-state index contributed by atoms with van der Waals surface area (Å²) >= 11 is 0. The molecule has 0 fully saturated rings. The second kappa shape index (κ2) is 11.6. The van der Waals surface area contributed by atoms with Crippen molar-refractivity contribution in [2.75, 3.05) is 20.3 Å². The lowest BCUT2D eigenvalue weighted by atomic mass is 9.64. The van der Waals surface area contributed by atoms with E-state index in [1.54, 1.807) is 6.92 Å². The number of methoxy groups -OCH3 is 1. The van der Waals surface area contributed by atoms with Gasteiger partial charge in [-0.1, -0.05) is 26.0 Å². The van der Waals surface area contributed by atoms with Gasteiger partial charge in [0.2, 0.25) is 0 Å². The van der Waals surface area contributed by atoms with Gasteiger partial charge in [0.1, 0.15) is 19.0 Å². The van der Waals surface area contributed by atoms with Crippen LogP contribution in [0.2, 0.25) is 0 Å². The fraction of sp³-hybridized carbons (Fsp3) is 0.682. The van der Waals surface area contributed by atoms with E-state index in [1.165, 1.54) is 7.11 Å². The topological polar surface area (TPSA) is 88.1 Å². The fourth-order valence-electron chi connectivity index (χ4n) is 3.66. The Kier molecular flexibility index (Phi) is 9.92. The fourth-order valence-corrected chi connectivity index (χ4v) is 3.66. The van der Waals surface area contributed by atoms with Gasteiger partial charge >= 0.3 is 12.3 Å². The first-order valence-corrected chi connectivity index (χ1v) is 9.99. The molecule has 0 aromatic rings. The Morgan fingerprint density at radius 3 is 2.48 bits per heavy atom. The molecule has 1 rings (SSSR count). The molecule has 29 heavy (non-hydrogen) atoms. The smallest absolute Gasteiger partial charge is 0.438 e. The number of rotatable bonds is 9. The summed E-state index contributed by atoms with van der Waals surface area (Å²) in [5.74, 6) is 0.179. The average Bonchev–Trinajstić information content (AvgIpc) is 2.67. The molecule has 7 heteroatoms. The van der Waals surface area contributed by atoms with E-state index in [-0.39, 0.29) is 36.6 Å². The first-order chi connectivity index (χ1) is 13.6. The van der Waals surface area contributed by atoms with Gasteiger partial charge in [0.15, 0.2) is 0 Å². The molecule has 0 spiro atoms. The van der Waals surface area contributed by atoms with E-state index in [2.05, 4.69) is 24.7 Å². The Morgan fingerprint density at radius 2 is 1.93 bits per heavy atom. The maximum atomic E-state index is 11.6. The molecule has 3 atom stereocenters. The van der Waals surface area contributed by atoms with Crippen molar-refractivity contribution in [3.05, 3.63) is 23.3 Å². The van der Waals surface area contributed by atoms with Crippen LogP contribution >= 0.6 is 0 Å². The molecule has 0 saturated heterocycles. The maximum absolute atomic E-state index is 11.6. The van der Waals surface area contributed by atoms with E-state index in [4.69, 9.17) is 14.2 Å². The lowest BCUT2D eigenvalue weighted by Gasteiger charge is -2.41. The Morgan fingerprint density at radius 1 is 1.24 bits per heavy atom. The quantitative estimate of drug-likeness (QED) is 0.305. The summed E-state index contributed by atoms with van der Waals surface area (Å²) < 4.78 is 19.7. The summed E-state index contributed by atoms with van der Waals surface area (Å²) in [7, 11) is 1.26. The number of hydrogen-bond acceptors (Lipinski definition) is 7. The van der Waals surface area contributed by atoms with Crippen molar-refractivity contribution in [1.82, 2.24) is 0 Å². The van der Waals surface area contributed by atoms with Gasteiger partial charge in [-0.2, -0.15) is 0 Å². The summed E-state index contributed by atoms with van der Waals surface area (Å²) in [6.07, 6.45) is 5.30. The largest absolute Gasteiger partial charge is 0.508 e. The first-order valence-electron chi connectivity index (χ1n) is 9.99. The van der Waals surface area contributed by atoms with Gasteiger partial charge in [-0.05, 0) is 62.0 Å². The van der Waals surface area contributed by atoms with Crippen LogP contribution in [0.4, 0.5) is 9.59 Å². The molecule has 1 aliphatic rings. The molecular formula is C22H34O7. The number of aldehydes is 1. The SMILES string of the molecule is CCOC(=O)OC1CCC(C(C)(C)C(/C=C(/C)COC(=O)OC)CC=O)C=C1C. The Balaban J connectivity index is 2.92. The van der Waals surface area contributed by atoms with Gasteiger partial charge in [0.25, 0.3) is 0 Å². The van der Waals surface area contributed by atoms with Crippen LogP contribution in [0.5, 0.6) is 0 Å². The molecule has 0 bridgehead atoms. The molecule has 0 heterocycles. The van der Waals surface area contributed by atoms with Gasteiger partial charge in [-0.25, -0.2) is 9.59 Å². The van der Waals surface area contributed by atoms with Crippen LogP contribution in [0.3, 0.4) is 0 Å². The molecule has 0 amide bonds. The average molecular weight is 411 g/mol. The second-order valence-electron chi connectivity index (χ2n) is 7.97. The van der Waals surface area contributed by atoms with Crippen LogP contribution in [0.1, 0.15) is 53.9 Å². The Labute approximate surface area is 173 Å². The van der Waals surface area contributed by atoms with E-state index < -0.39 is 12.3 Å². The van der Waals surface area contributed by atoms with E-state index in [1.807, 2.05) is 19.9 Å². The van der Waals surface area contributed by atoms with Crippen molar-refractivity contribution in [1.29, 1.82) is 0 Å². The second-order valence-corrected chi connectivity index (χ2v) is 7.97. The summed E-state index contributed by atoms with van der Waals surface area (Å²) in [5, 5.41) is 0. The molecule has 1 aliphatic carbocycles. The molecule has 0 N–H and O–H groups in total. The third-order valence-electron chi connectivity index (χ3n) is 5.54. The summed E-state index contributed by atoms with van der Waals surface area (Å²) in [4.78, 5) is 34.1. The Bertz CT molecular complexity index is 633. The number of carbonyl (C=O) groups is 3. The van der Waals surface area contributed by atoms with Crippen molar-refractivity contribution in [2.45, 2.75) is 60.0 Å². The number of carbonyl (C=O) groups excluding carboxylic acids is 3. The molecular weight excluding hydrogens is 376 g/mol. The molecule has 0 aromatic heterocycles. The predicted molar refractivity (Wildman–Crippen MR) is 108 cm³/mol. The predicted octanol–water partition coefficient (Wildman–Crippen LogP) is 4.85. The zero-order chi connectivity index (χ0) is 22.0. The van der Waals surface area contributed by atoms with Crippen molar-refractivity contribution >= 4 is 18.6 Å². The number of hydrogen-bond donors (Lipinski definition) is 0. The molecule has 3 unspecified atom stereocenters. The van der Waals surface area contributed by atoms with Gasteiger partial charge in [-0.15, -0.1) is 0 Å². The zero-order valence-electron chi connectivity index (χ0n) is 18.4. The molecule has 0 radical (unpaired) electrons. The van der Waals surface area contributed by atoms with Crippen LogP contribution < -0.4 is 0 Å². The summed E-state index contributed by atoms with van der Waals surface area (Å²) in [6, 6.07) is 0. The van der Waals surface area contributed by atoms with E-state index in [0.717, 1.165) is 23.9 Å². The van der Waals surface area contributed by atoms with Crippen molar-refractivity contribution in [3.8, 4) is 0 Å². The highest BCUT2D eigenvalue weighted by molar-refractivity contribution is 5.60. The minimum Gasteiger partial charge on any atom is -0.438 e. The summed E-state index contributed by atoms with van der Waals surface area (Å²) in [6.45, 7) is 10.2. The molecule has 7 nitrogen and oxygen atoms in total. The van der Waals surface area contributed by atoms with E-state index in [0.29, 0.717) is 12.8 Å². The van der Waals surface area contributed by atoms with Gasteiger partial charge in [0.05, 0.1) is 13.7 Å². The minimum atomic E-state index is -0.734. The lowest BCUT2D eigenvalue weighted by molar-refractivity contribution is -0.109. The monoisotopic (exact) mass is 410 g/mol. The van der Waals surface area contributed by atoms with Gasteiger partial charge < -0.3 is 23.7 Å². The highest BCUT2D eigenvalue weighted by Crippen LogP contribution is 2.44. The molecule has 0 aliphatic heterocycles.